The highest BCUT2D eigenvalue weighted by Gasteiger charge is 2.34. The minimum Gasteiger partial charge on any atom is -0.326 e. The van der Waals surface area contributed by atoms with E-state index < -0.39 is 14.5 Å². The average Bonchev–Trinajstić information content (AvgIpc) is 2.55. The quantitative estimate of drug-likeness (QED) is 0.288. The zero-order valence-electron chi connectivity index (χ0n) is 16.1. The lowest BCUT2D eigenvalue weighted by molar-refractivity contribution is 0.357. The summed E-state index contributed by atoms with van der Waals surface area (Å²) in [5, 5.41) is 0. The summed E-state index contributed by atoms with van der Waals surface area (Å²) in [4.78, 5) is 0. The van der Waals surface area contributed by atoms with Gasteiger partial charge in [0.25, 0.3) is 0 Å². The lowest BCUT2D eigenvalue weighted by Crippen LogP contribution is -2.12. The smallest absolute Gasteiger partial charge is 0.247 e. The molecule has 0 amide bonds. The molecule has 0 aliphatic heterocycles. The molecular weight excluding hydrogens is 326 g/mol. The fourth-order valence-electron chi connectivity index (χ4n) is 3.13. The fraction of sp³-hybridized carbons (Fsp3) is 1.00. The van der Waals surface area contributed by atoms with Crippen LogP contribution in [0.5, 0.6) is 0 Å². The Morgan fingerprint density at radius 2 is 1.30 bits per heavy atom. The van der Waals surface area contributed by atoms with Crippen molar-refractivity contribution in [3.05, 3.63) is 0 Å². The molecule has 23 heavy (non-hydrogen) atoms. The van der Waals surface area contributed by atoms with Crippen molar-refractivity contribution < 1.29 is 13.7 Å². The molecule has 140 valence electrons. The molecule has 0 radical (unpaired) electrons. The topological polar surface area (TPSA) is 43.4 Å². The van der Waals surface area contributed by atoms with Gasteiger partial charge in [-0.3, -0.25) is 4.57 Å². The maximum absolute atomic E-state index is 13.6. The molecule has 0 aliphatic carbocycles. The highest BCUT2D eigenvalue weighted by atomic mass is 32.1. The lowest BCUT2D eigenvalue weighted by Gasteiger charge is -2.26. The van der Waals surface area contributed by atoms with Crippen LogP contribution in [0, 0.1) is 11.8 Å². The van der Waals surface area contributed by atoms with Crippen molar-refractivity contribution in [3.63, 3.8) is 0 Å². The van der Waals surface area contributed by atoms with Gasteiger partial charge in [0.2, 0.25) is 7.72 Å². The minimum absolute atomic E-state index is 0.402. The number of rotatable bonds is 15. The number of hydrogen-bond acceptors (Lipinski definition) is 3. The predicted molar refractivity (Wildman–Crippen MR) is 105 cm³/mol. The Morgan fingerprint density at radius 1 is 0.870 bits per heavy atom. The zero-order chi connectivity index (χ0) is 17.7. The van der Waals surface area contributed by atoms with Crippen LogP contribution in [0.2, 0.25) is 0 Å². The molecule has 0 rings (SSSR count). The molecule has 0 aromatic carbocycles. The van der Waals surface area contributed by atoms with E-state index in [1.807, 2.05) is 6.92 Å². The van der Waals surface area contributed by atoms with Gasteiger partial charge in [0.1, 0.15) is 0 Å². The molecule has 0 aromatic rings. The van der Waals surface area contributed by atoms with Gasteiger partial charge < -0.3 is 9.09 Å². The van der Waals surface area contributed by atoms with E-state index in [9.17, 15) is 9.13 Å². The largest absolute Gasteiger partial charge is 0.326 e. The van der Waals surface area contributed by atoms with E-state index in [1.165, 1.54) is 12.8 Å². The van der Waals surface area contributed by atoms with E-state index in [0.29, 0.717) is 30.8 Å². The summed E-state index contributed by atoms with van der Waals surface area (Å²) in [7, 11) is -2.43. The second-order valence-corrected chi connectivity index (χ2v) is 13.7. The Hall–Kier alpha value is 0.420. The van der Waals surface area contributed by atoms with Crippen LogP contribution in [0.1, 0.15) is 86.0 Å². The summed E-state index contributed by atoms with van der Waals surface area (Å²) in [6.45, 7) is 8.22. The predicted octanol–water partition coefficient (Wildman–Crippen LogP) is 7.21. The van der Waals surface area contributed by atoms with Crippen molar-refractivity contribution in [2.24, 2.45) is 11.8 Å². The summed E-state index contributed by atoms with van der Waals surface area (Å²) in [6, 6.07) is 0. The molecule has 0 aromatic heterocycles. The van der Waals surface area contributed by atoms with Gasteiger partial charge in [-0.1, -0.05) is 79.1 Å². The van der Waals surface area contributed by atoms with Crippen LogP contribution >= 0.6 is 14.5 Å². The molecule has 0 bridgehead atoms. The van der Waals surface area contributed by atoms with E-state index in [1.54, 1.807) is 0 Å². The molecule has 0 heterocycles. The van der Waals surface area contributed by atoms with Gasteiger partial charge in [0.15, 0.2) is 6.83 Å². The van der Waals surface area contributed by atoms with Crippen molar-refractivity contribution in [3.8, 4) is 0 Å². The molecule has 3 unspecified atom stereocenters. The maximum atomic E-state index is 13.6. The van der Waals surface area contributed by atoms with Gasteiger partial charge in [-0.25, -0.2) is 0 Å². The molecule has 0 saturated carbocycles. The van der Waals surface area contributed by atoms with E-state index >= 15 is 0 Å². The van der Waals surface area contributed by atoms with Crippen LogP contribution in [0.3, 0.4) is 0 Å². The highest BCUT2D eigenvalue weighted by Crippen LogP contribution is 2.71. The van der Waals surface area contributed by atoms with Crippen molar-refractivity contribution >= 4 is 14.5 Å². The third kappa shape index (κ3) is 9.47. The monoisotopic (exact) mass is 366 g/mol. The van der Waals surface area contributed by atoms with Gasteiger partial charge in [-0.05, 0) is 18.8 Å². The SMILES string of the molecule is CCCCC(CC)CP(=O)(CC(CC)CCCC)[PH](=O)OCC. The molecular formula is C18H40O3P2. The first-order chi connectivity index (χ1) is 11.0. The normalized spacial score (nSPS) is 18.3. The second-order valence-electron chi connectivity index (χ2n) is 6.79. The Morgan fingerprint density at radius 3 is 1.61 bits per heavy atom. The summed E-state index contributed by atoms with van der Waals surface area (Å²) in [5.74, 6) is 0.859. The van der Waals surface area contributed by atoms with E-state index in [-0.39, 0.29) is 0 Å². The van der Waals surface area contributed by atoms with Crippen molar-refractivity contribution in [1.82, 2.24) is 0 Å². The maximum Gasteiger partial charge on any atom is 0.247 e. The number of unbranched alkanes of at least 4 members (excludes halogenated alkanes) is 2. The van der Waals surface area contributed by atoms with E-state index in [2.05, 4.69) is 27.7 Å². The van der Waals surface area contributed by atoms with Gasteiger partial charge in [0.05, 0.1) is 6.61 Å². The second kappa shape index (κ2) is 13.7. The Bertz CT molecular complexity index is 336. The Balaban J connectivity index is 5.06. The molecule has 3 nitrogen and oxygen atoms in total. The third-order valence-corrected chi connectivity index (χ3v) is 11.7. The van der Waals surface area contributed by atoms with Crippen LogP contribution < -0.4 is 0 Å². The molecule has 0 fully saturated rings. The molecule has 0 saturated heterocycles. The first-order valence-electron chi connectivity index (χ1n) is 9.72. The van der Waals surface area contributed by atoms with Gasteiger partial charge in [-0.2, -0.15) is 0 Å². The third-order valence-electron chi connectivity index (χ3n) is 4.79. The molecule has 3 atom stereocenters. The Kier molecular flexibility index (Phi) is 13.9. The molecule has 0 N–H and O–H groups in total. The average molecular weight is 366 g/mol. The standard InChI is InChI=1S/C18H40O3P2/c1-6-11-13-17(8-3)15-23(20,22(19)21-10-5)16-18(9-4)14-12-7-2/h17-18,22H,6-16H2,1-5H3. The van der Waals surface area contributed by atoms with Crippen molar-refractivity contribution in [2.45, 2.75) is 86.0 Å². The van der Waals surface area contributed by atoms with Gasteiger partial charge >= 0.3 is 0 Å². The fourth-order valence-corrected chi connectivity index (χ4v) is 10.1. The Labute approximate surface area is 145 Å². The number of hydrogen-bond donors (Lipinski definition) is 0. The molecule has 5 heteroatoms. The van der Waals surface area contributed by atoms with E-state index in [4.69, 9.17) is 4.52 Å². The summed E-state index contributed by atoms with van der Waals surface area (Å²) >= 11 is 0. The summed E-state index contributed by atoms with van der Waals surface area (Å²) in [5.41, 5.74) is 0. The van der Waals surface area contributed by atoms with Crippen LogP contribution in [0.4, 0.5) is 0 Å². The minimum atomic E-state index is -2.73. The van der Waals surface area contributed by atoms with Crippen LogP contribution in [0.25, 0.3) is 0 Å². The first-order valence-corrected chi connectivity index (χ1v) is 14.0. The van der Waals surface area contributed by atoms with Crippen molar-refractivity contribution in [2.75, 3.05) is 18.9 Å². The van der Waals surface area contributed by atoms with Crippen LogP contribution in [0.15, 0.2) is 0 Å². The lowest BCUT2D eigenvalue weighted by atomic mass is 10.0. The summed E-state index contributed by atoms with van der Waals surface area (Å²) < 4.78 is 31.6. The van der Waals surface area contributed by atoms with Crippen molar-refractivity contribution in [1.29, 1.82) is 0 Å². The summed E-state index contributed by atoms with van der Waals surface area (Å²) in [6.07, 6.45) is 10.2. The van der Waals surface area contributed by atoms with Gasteiger partial charge in [0, 0.05) is 12.3 Å². The highest BCUT2D eigenvalue weighted by molar-refractivity contribution is 8.25. The first kappa shape index (κ1) is 23.4. The zero-order valence-corrected chi connectivity index (χ0v) is 18.0. The molecule has 0 spiro atoms. The van der Waals surface area contributed by atoms with Gasteiger partial charge in [-0.15, -0.1) is 0 Å². The van der Waals surface area contributed by atoms with Crippen LogP contribution in [-0.2, 0) is 13.7 Å². The van der Waals surface area contributed by atoms with Crippen LogP contribution in [-0.4, -0.2) is 18.9 Å². The van der Waals surface area contributed by atoms with E-state index in [0.717, 1.165) is 38.5 Å². The molecule has 0 aliphatic rings.